The molecule has 0 atom stereocenters. The Hall–Kier alpha value is -4.98. The molecule has 6 aromatic rings. The van der Waals surface area contributed by atoms with Crippen LogP contribution >= 0.6 is 0 Å². The lowest BCUT2D eigenvalue weighted by Gasteiger charge is -2.17. The van der Waals surface area contributed by atoms with Crippen molar-refractivity contribution >= 4 is 27.6 Å². The van der Waals surface area contributed by atoms with Crippen LogP contribution in [0.15, 0.2) is 90.0 Å². The molecule has 0 fully saturated rings. The van der Waals surface area contributed by atoms with Crippen molar-refractivity contribution in [2.24, 2.45) is 0 Å². The molecule has 0 unspecified atom stereocenters. The third-order valence-electron chi connectivity index (χ3n) is 6.35. The lowest BCUT2D eigenvalue weighted by atomic mass is 10.1. The van der Waals surface area contributed by atoms with Gasteiger partial charge in [-0.25, -0.2) is 14.6 Å². The zero-order valence-corrected chi connectivity index (χ0v) is 19.5. The number of nitrogens with two attached hydrogens (primary N) is 1. The molecule has 0 saturated carbocycles. The summed E-state index contributed by atoms with van der Waals surface area (Å²) >= 11 is 0. The molecule has 0 aliphatic rings. The summed E-state index contributed by atoms with van der Waals surface area (Å²) in [5.41, 5.74) is 10.5. The molecular formula is C28H22N6O2. The molecule has 6 rings (SSSR count). The number of fused-ring (bicyclic) bond motifs is 2. The normalized spacial score (nSPS) is 11.4. The molecule has 8 nitrogen and oxygen atoms in total. The Balaban J connectivity index is 1.61. The van der Waals surface area contributed by atoms with Crippen molar-refractivity contribution < 1.29 is 5.11 Å². The maximum atomic E-state index is 13.7. The van der Waals surface area contributed by atoms with Gasteiger partial charge in [-0.05, 0) is 48.2 Å². The lowest BCUT2D eigenvalue weighted by Crippen LogP contribution is -2.24. The number of rotatable bonds is 4. The minimum Gasteiger partial charge on any atom is -0.508 e. The fraction of sp³-hybridized carbons (Fsp3) is 0.0714. The van der Waals surface area contributed by atoms with Crippen LogP contribution < -0.4 is 11.3 Å². The first-order chi connectivity index (χ1) is 17.5. The van der Waals surface area contributed by atoms with Crippen molar-refractivity contribution in [1.82, 2.24) is 24.3 Å². The van der Waals surface area contributed by atoms with Gasteiger partial charge < -0.3 is 10.8 Å². The van der Waals surface area contributed by atoms with Gasteiger partial charge in [0.1, 0.15) is 23.6 Å². The van der Waals surface area contributed by atoms with E-state index in [0.717, 1.165) is 22.3 Å². The highest BCUT2D eigenvalue weighted by molar-refractivity contribution is 5.98. The number of nitrogen functional groups attached to an aromatic ring is 1. The number of hydrogen-bond acceptors (Lipinski definition) is 6. The molecular weight excluding hydrogens is 452 g/mol. The maximum Gasteiger partial charge on any atom is 0.263 e. The number of pyridine rings is 1. The van der Waals surface area contributed by atoms with Crippen molar-refractivity contribution in [3.8, 4) is 22.7 Å². The number of hydrogen-bond donors (Lipinski definition) is 2. The Morgan fingerprint density at radius 3 is 2.58 bits per heavy atom. The van der Waals surface area contributed by atoms with E-state index < -0.39 is 0 Å². The predicted octanol–water partition coefficient (Wildman–Crippen LogP) is 4.44. The third-order valence-corrected chi connectivity index (χ3v) is 6.35. The van der Waals surface area contributed by atoms with Crippen LogP contribution in [0.1, 0.15) is 11.3 Å². The van der Waals surface area contributed by atoms with Crippen LogP contribution in [0.3, 0.4) is 0 Å². The number of nitrogens with zero attached hydrogens (tertiary/aromatic N) is 5. The van der Waals surface area contributed by atoms with E-state index in [0.29, 0.717) is 33.5 Å². The second-order valence-corrected chi connectivity index (χ2v) is 8.66. The van der Waals surface area contributed by atoms with Crippen molar-refractivity contribution in [1.29, 1.82) is 0 Å². The summed E-state index contributed by atoms with van der Waals surface area (Å²) in [6.07, 6.45) is 1.40. The van der Waals surface area contributed by atoms with Gasteiger partial charge >= 0.3 is 0 Å². The van der Waals surface area contributed by atoms with Crippen LogP contribution in [0.2, 0.25) is 0 Å². The average Bonchev–Trinajstić information content (AvgIpc) is 3.25. The van der Waals surface area contributed by atoms with Crippen LogP contribution in [-0.2, 0) is 6.54 Å². The molecule has 3 aromatic carbocycles. The van der Waals surface area contributed by atoms with Gasteiger partial charge in [0.25, 0.3) is 5.56 Å². The Bertz CT molecular complexity index is 1840. The van der Waals surface area contributed by atoms with Gasteiger partial charge in [-0.3, -0.25) is 9.36 Å². The molecule has 0 bridgehead atoms. The fourth-order valence-electron chi connectivity index (χ4n) is 4.66. The minimum absolute atomic E-state index is 0.101. The van der Waals surface area contributed by atoms with Gasteiger partial charge in [0, 0.05) is 16.6 Å². The van der Waals surface area contributed by atoms with Crippen molar-refractivity contribution in [2.45, 2.75) is 13.5 Å². The summed E-state index contributed by atoms with van der Waals surface area (Å²) in [6.45, 7) is 2.25. The summed E-state index contributed by atoms with van der Waals surface area (Å²) in [5, 5.41) is 17.0. The SMILES string of the molecule is Cc1ccccc1-n1c(Cn2nc(-c3cccc(O)c3)c3c(N)ncnc32)cc2ccccc2c1=O. The first-order valence-electron chi connectivity index (χ1n) is 11.5. The van der Waals surface area contributed by atoms with Crippen LogP contribution in [-0.4, -0.2) is 29.4 Å². The van der Waals surface area contributed by atoms with Crippen LogP contribution in [0, 0.1) is 6.92 Å². The highest BCUT2D eigenvalue weighted by atomic mass is 16.3. The van der Waals surface area contributed by atoms with E-state index in [1.165, 1.54) is 6.33 Å². The van der Waals surface area contributed by atoms with Gasteiger partial charge in [0.05, 0.1) is 17.6 Å². The highest BCUT2D eigenvalue weighted by Gasteiger charge is 2.20. The second kappa shape index (κ2) is 8.35. The number of aryl methyl sites for hydroxylation is 1. The number of benzene rings is 3. The molecule has 3 aromatic heterocycles. The zero-order chi connectivity index (χ0) is 24.8. The quantitative estimate of drug-likeness (QED) is 0.391. The first-order valence-corrected chi connectivity index (χ1v) is 11.5. The number of phenolic OH excluding ortho intramolecular Hbond substituents is 1. The topological polar surface area (TPSA) is 112 Å². The van der Waals surface area contributed by atoms with E-state index in [2.05, 4.69) is 9.97 Å². The molecule has 36 heavy (non-hydrogen) atoms. The van der Waals surface area contributed by atoms with Gasteiger partial charge in [-0.15, -0.1) is 0 Å². The summed E-state index contributed by atoms with van der Waals surface area (Å²) in [7, 11) is 0. The molecule has 0 aliphatic heterocycles. The highest BCUT2D eigenvalue weighted by Crippen LogP contribution is 2.32. The van der Waals surface area contributed by atoms with Crippen molar-refractivity contribution in [2.75, 3.05) is 5.73 Å². The van der Waals surface area contributed by atoms with E-state index in [4.69, 9.17) is 10.8 Å². The largest absolute Gasteiger partial charge is 0.508 e. The molecule has 3 N–H and O–H groups in total. The minimum atomic E-state index is -0.101. The first kappa shape index (κ1) is 21.5. The Morgan fingerprint density at radius 1 is 0.944 bits per heavy atom. The van der Waals surface area contributed by atoms with Crippen LogP contribution in [0.25, 0.3) is 38.8 Å². The van der Waals surface area contributed by atoms with Crippen molar-refractivity contribution in [3.63, 3.8) is 0 Å². The molecule has 0 radical (unpaired) electrons. The Labute approximate surface area is 205 Å². The molecule has 0 spiro atoms. The Morgan fingerprint density at radius 2 is 1.75 bits per heavy atom. The molecule has 176 valence electrons. The van der Waals surface area contributed by atoms with E-state index in [9.17, 15) is 9.90 Å². The summed E-state index contributed by atoms with van der Waals surface area (Å²) in [5.74, 6) is 0.410. The van der Waals surface area contributed by atoms with E-state index in [-0.39, 0.29) is 17.9 Å². The fourth-order valence-corrected chi connectivity index (χ4v) is 4.66. The summed E-state index contributed by atoms with van der Waals surface area (Å²) in [4.78, 5) is 22.4. The summed E-state index contributed by atoms with van der Waals surface area (Å²) < 4.78 is 3.47. The number of para-hydroxylation sites is 1. The molecule has 3 heterocycles. The van der Waals surface area contributed by atoms with Crippen molar-refractivity contribution in [3.05, 3.63) is 107 Å². The van der Waals surface area contributed by atoms with Gasteiger partial charge in [-0.1, -0.05) is 48.5 Å². The maximum absolute atomic E-state index is 13.7. The van der Waals surface area contributed by atoms with Gasteiger partial charge in [0.2, 0.25) is 0 Å². The zero-order valence-electron chi connectivity index (χ0n) is 19.5. The second-order valence-electron chi connectivity index (χ2n) is 8.66. The number of phenols is 1. The predicted molar refractivity (Wildman–Crippen MR) is 140 cm³/mol. The number of aromatic hydroxyl groups is 1. The smallest absolute Gasteiger partial charge is 0.263 e. The molecule has 0 amide bonds. The molecule has 0 saturated heterocycles. The summed E-state index contributed by atoms with van der Waals surface area (Å²) in [6, 6.07) is 24.2. The standard InChI is InChI=1S/C28H22N6O2/c1-17-7-2-5-12-23(17)34-20(13-18-8-3-4-11-22(18)28(34)36)15-33-27-24(26(29)30-16-31-27)25(32-33)19-9-6-10-21(35)14-19/h2-14,16,35H,15H2,1H3,(H2,29,30,31). The van der Waals surface area contributed by atoms with Crippen LogP contribution in [0.4, 0.5) is 5.82 Å². The average molecular weight is 475 g/mol. The Kier molecular flexibility index (Phi) is 5.00. The van der Waals surface area contributed by atoms with E-state index >= 15 is 0 Å². The number of anilines is 1. The van der Waals surface area contributed by atoms with Gasteiger partial charge in [0.15, 0.2) is 5.65 Å². The number of aromatic nitrogens is 5. The van der Waals surface area contributed by atoms with E-state index in [1.807, 2.05) is 67.6 Å². The lowest BCUT2D eigenvalue weighted by molar-refractivity contribution is 0.475. The third kappa shape index (κ3) is 3.47. The molecule has 0 aliphatic carbocycles. The molecule has 8 heteroatoms. The monoisotopic (exact) mass is 474 g/mol. The van der Waals surface area contributed by atoms with E-state index in [1.54, 1.807) is 27.4 Å². The van der Waals surface area contributed by atoms with Gasteiger partial charge in [-0.2, -0.15) is 5.10 Å². The van der Waals surface area contributed by atoms with Crippen LogP contribution in [0.5, 0.6) is 5.75 Å².